The van der Waals surface area contributed by atoms with Gasteiger partial charge in [-0.05, 0) is 57.4 Å². The first-order chi connectivity index (χ1) is 9.24. The number of piperazine rings is 1. The van der Waals surface area contributed by atoms with Gasteiger partial charge in [0.1, 0.15) is 0 Å². The van der Waals surface area contributed by atoms with Crippen LogP contribution in [-0.4, -0.2) is 36.1 Å². The van der Waals surface area contributed by atoms with E-state index in [4.69, 9.17) is 0 Å². The average molecular weight is 264 g/mol. The van der Waals surface area contributed by atoms with Crippen LogP contribution in [0.15, 0.2) is 0 Å². The van der Waals surface area contributed by atoms with Gasteiger partial charge in [0.05, 0.1) is 0 Å². The highest BCUT2D eigenvalue weighted by molar-refractivity contribution is 5.05. The van der Waals surface area contributed by atoms with Crippen molar-refractivity contribution in [3.8, 4) is 0 Å². The maximum Gasteiger partial charge on any atom is 0.0334 e. The second-order valence-electron chi connectivity index (χ2n) is 7.46. The van der Waals surface area contributed by atoms with E-state index in [1.807, 2.05) is 0 Å². The van der Waals surface area contributed by atoms with E-state index in [1.54, 1.807) is 0 Å². The average Bonchev–Trinajstić information content (AvgIpc) is 3.27. The summed E-state index contributed by atoms with van der Waals surface area (Å²) in [4.78, 5) is 2.85. The molecule has 3 aliphatic rings. The number of hydrogen-bond acceptors (Lipinski definition) is 2. The van der Waals surface area contributed by atoms with Crippen LogP contribution in [0, 0.1) is 11.8 Å². The molecule has 0 radical (unpaired) electrons. The van der Waals surface area contributed by atoms with Crippen LogP contribution < -0.4 is 5.32 Å². The first-order valence-corrected chi connectivity index (χ1v) is 8.72. The fraction of sp³-hybridized carbons (Fsp3) is 1.00. The molecule has 0 amide bonds. The van der Waals surface area contributed by atoms with Gasteiger partial charge in [-0.2, -0.15) is 0 Å². The quantitative estimate of drug-likeness (QED) is 0.837. The lowest BCUT2D eigenvalue weighted by Crippen LogP contribution is -2.66. The van der Waals surface area contributed by atoms with Gasteiger partial charge in [-0.15, -0.1) is 0 Å². The molecule has 3 fully saturated rings. The van der Waals surface area contributed by atoms with Crippen LogP contribution in [0.1, 0.15) is 65.2 Å². The maximum atomic E-state index is 3.95. The van der Waals surface area contributed by atoms with E-state index in [1.165, 1.54) is 71.0 Å². The predicted molar refractivity (Wildman–Crippen MR) is 81.4 cm³/mol. The topological polar surface area (TPSA) is 15.3 Å². The van der Waals surface area contributed by atoms with Gasteiger partial charge in [-0.3, -0.25) is 4.90 Å². The van der Waals surface area contributed by atoms with Crippen molar-refractivity contribution in [2.24, 2.45) is 11.8 Å². The Balaban J connectivity index is 1.64. The van der Waals surface area contributed by atoms with Crippen molar-refractivity contribution in [2.75, 3.05) is 19.6 Å². The van der Waals surface area contributed by atoms with E-state index < -0.39 is 0 Å². The van der Waals surface area contributed by atoms with Crippen molar-refractivity contribution in [2.45, 2.75) is 76.8 Å². The number of nitrogens with one attached hydrogen (secondary N) is 1. The summed E-state index contributed by atoms with van der Waals surface area (Å²) in [5, 5.41) is 3.95. The molecule has 2 aliphatic carbocycles. The van der Waals surface area contributed by atoms with Gasteiger partial charge < -0.3 is 5.32 Å². The van der Waals surface area contributed by atoms with Gasteiger partial charge in [0.25, 0.3) is 0 Å². The van der Waals surface area contributed by atoms with Crippen molar-refractivity contribution in [1.29, 1.82) is 0 Å². The highest BCUT2D eigenvalue weighted by Gasteiger charge is 2.48. The molecule has 0 aromatic carbocycles. The molecule has 2 heteroatoms. The summed E-state index contributed by atoms with van der Waals surface area (Å²) in [6, 6.07) is 0.777. The van der Waals surface area contributed by atoms with E-state index in [0.29, 0.717) is 5.54 Å². The van der Waals surface area contributed by atoms with Gasteiger partial charge in [-0.25, -0.2) is 0 Å². The Morgan fingerprint density at radius 2 is 1.84 bits per heavy atom. The predicted octanol–water partition coefficient (Wildman–Crippen LogP) is 3.42. The van der Waals surface area contributed by atoms with E-state index in [-0.39, 0.29) is 0 Å². The molecule has 1 aliphatic heterocycles. The zero-order valence-corrected chi connectivity index (χ0v) is 13.0. The molecule has 110 valence electrons. The lowest BCUT2D eigenvalue weighted by Gasteiger charge is -2.50. The molecule has 0 aromatic heterocycles. The second-order valence-corrected chi connectivity index (χ2v) is 7.46. The SMILES string of the molecule is CCCN1CC(C2CCCCC2)NCC1(C)C1CC1. The van der Waals surface area contributed by atoms with Gasteiger partial charge in [0.2, 0.25) is 0 Å². The Morgan fingerprint density at radius 1 is 1.11 bits per heavy atom. The summed E-state index contributed by atoms with van der Waals surface area (Å²) in [5.41, 5.74) is 0.460. The summed E-state index contributed by atoms with van der Waals surface area (Å²) in [6.45, 7) is 8.71. The number of hydrogen-bond donors (Lipinski definition) is 1. The minimum absolute atomic E-state index is 0.460. The molecule has 2 unspecified atom stereocenters. The number of nitrogens with zero attached hydrogens (tertiary/aromatic N) is 1. The van der Waals surface area contributed by atoms with Crippen LogP contribution >= 0.6 is 0 Å². The zero-order valence-electron chi connectivity index (χ0n) is 13.0. The molecule has 1 saturated heterocycles. The first-order valence-electron chi connectivity index (χ1n) is 8.72. The van der Waals surface area contributed by atoms with Crippen molar-refractivity contribution < 1.29 is 0 Å². The molecule has 1 N–H and O–H groups in total. The molecule has 0 spiro atoms. The molecule has 2 nitrogen and oxygen atoms in total. The minimum atomic E-state index is 0.460. The largest absolute Gasteiger partial charge is 0.311 e. The van der Waals surface area contributed by atoms with Crippen LogP contribution in [0.4, 0.5) is 0 Å². The summed E-state index contributed by atoms with van der Waals surface area (Å²) in [7, 11) is 0. The fourth-order valence-corrected chi connectivity index (χ4v) is 4.54. The van der Waals surface area contributed by atoms with E-state index in [0.717, 1.165) is 17.9 Å². The first kappa shape index (κ1) is 13.9. The Morgan fingerprint density at radius 3 is 2.47 bits per heavy atom. The van der Waals surface area contributed by atoms with Crippen LogP contribution in [0.3, 0.4) is 0 Å². The van der Waals surface area contributed by atoms with E-state index in [2.05, 4.69) is 24.1 Å². The van der Waals surface area contributed by atoms with Crippen molar-refractivity contribution in [1.82, 2.24) is 10.2 Å². The third kappa shape index (κ3) is 2.85. The maximum absolute atomic E-state index is 3.95. The normalized spacial score (nSPS) is 38.5. The smallest absolute Gasteiger partial charge is 0.0334 e. The van der Waals surface area contributed by atoms with Crippen molar-refractivity contribution >= 4 is 0 Å². The van der Waals surface area contributed by atoms with Crippen LogP contribution in [0.2, 0.25) is 0 Å². The second kappa shape index (κ2) is 5.73. The molecule has 0 bridgehead atoms. The standard InChI is InChI=1S/C17H32N2/c1-3-11-19-12-16(14-7-5-4-6-8-14)18-13-17(19,2)15-9-10-15/h14-16,18H,3-13H2,1-2H3. The van der Waals surface area contributed by atoms with Gasteiger partial charge >= 0.3 is 0 Å². The molecular weight excluding hydrogens is 232 g/mol. The van der Waals surface area contributed by atoms with E-state index in [9.17, 15) is 0 Å². The van der Waals surface area contributed by atoms with Crippen molar-refractivity contribution in [3.63, 3.8) is 0 Å². The highest BCUT2D eigenvalue weighted by Crippen LogP contribution is 2.44. The van der Waals surface area contributed by atoms with Gasteiger partial charge in [0, 0.05) is 24.7 Å². The summed E-state index contributed by atoms with van der Waals surface area (Å²) < 4.78 is 0. The Kier molecular flexibility index (Phi) is 4.19. The molecular formula is C17H32N2. The summed E-state index contributed by atoms with van der Waals surface area (Å²) >= 11 is 0. The Hall–Kier alpha value is -0.0800. The van der Waals surface area contributed by atoms with Gasteiger partial charge in [0.15, 0.2) is 0 Å². The third-order valence-corrected chi connectivity index (χ3v) is 6.03. The van der Waals surface area contributed by atoms with Crippen LogP contribution in [0.5, 0.6) is 0 Å². The van der Waals surface area contributed by atoms with Crippen molar-refractivity contribution in [3.05, 3.63) is 0 Å². The molecule has 19 heavy (non-hydrogen) atoms. The lowest BCUT2D eigenvalue weighted by molar-refractivity contribution is 0.0176. The summed E-state index contributed by atoms with van der Waals surface area (Å²) in [5.74, 6) is 1.93. The molecule has 2 saturated carbocycles. The monoisotopic (exact) mass is 264 g/mol. The third-order valence-electron chi connectivity index (χ3n) is 6.03. The zero-order chi connectivity index (χ0) is 13.3. The van der Waals surface area contributed by atoms with E-state index >= 15 is 0 Å². The fourth-order valence-electron chi connectivity index (χ4n) is 4.54. The minimum Gasteiger partial charge on any atom is -0.311 e. The van der Waals surface area contributed by atoms with Gasteiger partial charge in [-0.1, -0.05) is 26.2 Å². The van der Waals surface area contributed by atoms with Crippen LogP contribution in [-0.2, 0) is 0 Å². The molecule has 3 rings (SSSR count). The van der Waals surface area contributed by atoms with Crippen LogP contribution in [0.25, 0.3) is 0 Å². The lowest BCUT2D eigenvalue weighted by atomic mass is 9.80. The molecule has 2 atom stereocenters. The molecule has 0 aromatic rings. The Bertz CT molecular complexity index is 294. The summed E-state index contributed by atoms with van der Waals surface area (Å²) in [6.07, 6.45) is 11.6. The number of rotatable bonds is 4. The molecule has 1 heterocycles. The Labute approximate surface area is 119 Å². The highest BCUT2D eigenvalue weighted by atomic mass is 15.3.